The van der Waals surface area contributed by atoms with E-state index in [0.717, 1.165) is 27.7 Å². The van der Waals surface area contributed by atoms with Crippen LogP contribution in [0.5, 0.6) is 0 Å². The number of halogens is 1. The van der Waals surface area contributed by atoms with Gasteiger partial charge < -0.3 is 10.1 Å². The van der Waals surface area contributed by atoms with Gasteiger partial charge >= 0.3 is 5.97 Å². The second-order valence-electron chi connectivity index (χ2n) is 5.51. The normalized spacial score (nSPS) is 11.7. The van der Waals surface area contributed by atoms with Gasteiger partial charge in [-0.1, -0.05) is 41.1 Å². The molecule has 0 saturated carbocycles. The number of para-hydroxylation sites is 1. The van der Waals surface area contributed by atoms with Gasteiger partial charge in [-0.25, -0.2) is 4.79 Å². The summed E-state index contributed by atoms with van der Waals surface area (Å²) in [5.74, 6) is -0.866. The maximum Gasteiger partial charge on any atom is 0.338 e. The Morgan fingerprint density at radius 2 is 1.83 bits per heavy atom. The van der Waals surface area contributed by atoms with Crippen molar-refractivity contribution in [2.45, 2.75) is 33.3 Å². The maximum absolute atomic E-state index is 12.4. The molecular weight excluding hydrogens is 370 g/mol. The predicted molar refractivity (Wildman–Crippen MR) is 98.2 cm³/mol. The molecule has 0 aliphatic heterocycles. The molecule has 2 aromatic carbocycles. The summed E-state index contributed by atoms with van der Waals surface area (Å²) in [5, 5.41) is 2.87. The topological polar surface area (TPSA) is 55.4 Å². The molecule has 0 spiro atoms. The molecule has 24 heavy (non-hydrogen) atoms. The third-order valence-corrected chi connectivity index (χ3v) is 4.25. The highest BCUT2D eigenvalue weighted by Crippen LogP contribution is 2.21. The van der Waals surface area contributed by atoms with Gasteiger partial charge in [0.15, 0.2) is 6.10 Å². The van der Waals surface area contributed by atoms with Crippen molar-refractivity contribution in [2.24, 2.45) is 0 Å². The fourth-order valence-corrected chi connectivity index (χ4v) is 2.56. The van der Waals surface area contributed by atoms with E-state index in [-0.39, 0.29) is 5.91 Å². The molecule has 0 aliphatic carbocycles. The van der Waals surface area contributed by atoms with Gasteiger partial charge in [-0.05, 0) is 55.7 Å². The first-order chi connectivity index (χ1) is 11.4. The lowest BCUT2D eigenvalue weighted by molar-refractivity contribution is -0.123. The number of ether oxygens (including phenoxy) is 1. The van der Waals surface area contributed by atoms with Crippen LogP contribution in [0.2, 0.25) is 0 Å². The Hall–Kier alpha value is -2.14. The molecule has 0 saturated heterocycles. The van der Waals surface area contributed by atoms with Crippen molar-refractivity contribution < 1.29 is 14.3 Å². The van der Waals surface area contributed by atoms with Gasteiger partial charge in [0.25, 0.3) is 5.91 Å². The van der Waals surface area contributed by atoms with Crippen LogP contribution in [-0.2, 0) is 16.0 Å². The summed E-state index contributed by atoms with van der Waals surface area (Å²) in [6.45, 7) is 5.53. The van der Waals surface area contributed by atoms with Gasteiger partial charge in [-0.15, -0.1) is 0 Å². The van der Waals surface area contributed by atoms with E-state index in [1.54, 1.807) is 31.2 Å². The summed E-state index contributed by atoms with van der Waals surface area (Å²) in [7, 11) is 0. The number of rotatable bonds is 5. The maximum atomic E-state index is 12.4. The molecule has 2 rings (SSSR count). The molecule has 0 heterocycles. The van der Waals surface area contributed by atoms with Crippen molar-refractivity contribution in [2.75, 3.05) is 5.32 Å². The lowest BCUT2D eigenvalue weighted by Crippen LogP contribution is -2.30. The lowest BCUT2D eigenvalue weighted by Gasteiger charge is -2.17. The molecule has 4 nitrogen and oxygen atoms in total. The third-order valence-electron chi connectivity index (χ3n) is 3.72. The number of amides is 1. The fourth-order valence-electron chi connectivity index (χ4n) is 2.29. The quantitative estimate of drug-likeness (QED) is 0.765. The van der Waals surface area contributed by atoms with Crippen LogP contribution >= 0.6 is 15.9 Å². The van der Waals surface area contributed by atoms with E-state index < -0.39 is 12.1 Å². The molecule has 5 heteroatoms. The zero-order valence-electron chi connectivity index (χ0n) is 13.9. The number of benzene rings is 2. The molecule has 1 atom stereocenters. The molecule has 2 aromatic rings. The van der Waals surface area contributed by atoms with Gasteiger partial charge in [-0.2, -0.15) is 0 Å². The van der Waals surface area contributed by atoms with Crippen LogP contribution in [0.15, 0.2) is 46.9 Å². The Labute approximate surface area is 150 Å². The first kappa shape index (κ1) is 18.2. The van der Waals surface area contributed by atoms with Crippen LogP contribution in [0.1, 0.15) is 35.3 Å². The number of carbonyl (C=O) groups is 2. The minimum atomic E-state index is -0.884. The molecule has 1 N–H and O–H groups in total. The van der Waals surface area contributed by atoms with Gasteiger partial charge in [0.05, 0.1) is 5.56 Å². The number of aryl methyl sites for hydroxylation is 2. The van der Waals surface area contributed by atoms with Gasteiger partial charge in [0, 0.05) is 10.2 Å². The molecule has 126 valence electrons. The number of carbonyl (C=O) groups excluding carboxylic acids is 2. The van der Waals surface area contributed by atoms with Crippen LogP contribution in [0.25, 0.3) is 0 Å². The first-order valence-corrected chi connectivity index (χ1v) is 8.57. The third kappa shape index (κ3) is 4.45. The molecule has 1 amide bonds. The van der Waals surface area contributed by atoms with Crippen LogP contribution < -0.4 is 5.32 Å². The van der Waals surface area contributed by atoms with Gasteiger partial charge in [-0.3, -0.25) is 4.79 Å². The number of nitrogens with one attached hydrogen (secondary N) is 1. The summed E-state index contributed by atoms with van der Waals surface area (Å²) in [6, 6.07) is 12.7. The number of hydrogen-bond acceptors (Lipinski definition) is 3. The predicted octanol–water partition coefficient (Wildman–Crippen LogP) is 4.50. The molecule has 0 unspecified atom stereocenters. The Kier molecular flexibility index (Phi) is 6.15. The lowest BCUT2D eigenvalue weighted by atomic mass is 10.1. The summed E-state index contributed by atoms with van der Waals surface area (Å²) in [6.07, 6.45) is -0.0740. The Morgan fingerprint density at radius 3 is 2.46 bits per heavy atom. The molecule has 0 aromatic heterocycles. The first-order valence-electron chi connectivity index (χ1n) is 7.78. The van der Waals surface area contributed by atoms with E-state index in [9.17, 15) is 9.59 Å². The van der Waals surface area contributed by atoms with Crippen molar-refractivity contribution in [1.29, 1.82) is 0 Å². The number of esters is 1. The second kappa shape index (κ2) is 8.11. The highest BCUT2D eigenvalue weighted by atomic mass is 79.9. The van der Waals surface area contributed by atoms with E-state index in [0.29, 0.717) is 5.56 Å². The van der Waals surface area contributed by atoms with Crippen LogP contribution in [0, 0.1) is 6.92 Å². The SMILES string of the molecule is CCc1cccc(C)c1NC(=O)[C@H](C)OC(=O)c1ccc(Br)cc1. The Balaban J connectivity index is 2.05. The monoisotopic (exact) mass is 389 g/mol. The van der Waals surface area contributed by atoms with Crippen molar-refractivity contribution in [3.8, 4) is 0 Å². The van der Waals surface area contributed by atoms with E-state index in [2.05, 4.69) is 21.2 Å². The largest absolute Gasteiger partial charge is 0.449 e. The summed E-state index contributed by atoms with van der Waals surface area (Å²) in [4.78, 5) is 24.5. The van der Waals surface area contributed by atoms with E-state index in [1.807, 2.05) is 32.0 Å². The minimum Gasteiger partial charge on any atom is -0.449 e. The summed E-state index contributed by atoms with van der Waals surface area (Å²) < 4.78 is 6.13. The molecular formula is C19H20BrNO3. The smallest absolute Gasteiger partial charge is 0.338 e. The Bertz CT molecular complexity index is 741. The van der Waals surface area contributed by atoms with Crippen molar-refractivity contribution in [1.82, 2.24) is 0 Å². The minimum absolute atomic E-state index is 0.343. The molecule has 0 bridgehead atoms. The molecule has 0 radical (unpaired) electrons. The van der Waals surface area contributed by atoms with Crippen LogP contribution in [-0.4, -0.2) is 18.0 Å². The fraction of sp³-hybridized carbons (Fsp3) is 0.263. The van der Waals surface area contributed by atoms with Gasteiger partial charge in [0.1, 0.15) is 0 Å². The molecule has 0 fully saturated rings. The zero-order chi connectivity index (χ0) is 17.7. The second-order valence-corrected chi connectivity index (χ2v) is 6.42. The van der Waals surface area contributed by atoms with Crippen molar-refractivity contribution >= 4 is 33.5 Å². The van der Waals surface area contributed by atoms with Crippen LogP contribution in [0.3, 0.4) is 0 Å². The zero-order valence-corrected chi connectivity index (χ0v) is 15.5. The highest BCUT2D eigenvalue weighted by molar-refractivity contribution is 9.10. The van der Waals surface area contributed by atoms with E-state index in [1.165, 1.54) is 0 Å². The average Bonchev–Trinajstić information content (AvgIpc) is 2.57. The van der Waals surface area contributed by atoms with Crippen molar-refractivity contribution in [3.63, 3.8) is 0 Å². The Morgan fingerprint density at radius 1 is 1.17 bits per heavy atom. The van der Waals surface area contributed by atoms with Crippen LogP contribution in [0.4, 0.5) is 5.69 Å². The van der Waals surface area contributed by atoms with Crippen molar-refractivity contribution in [3.05, 3.63) is 63.6 Å². The van der Waals surface area contributed by atoms with Gasteiger partial charge in [0.2, 0.25) is 0 Å². The standard InChI is InChI=1S/C19H20BrNO3/c1-4-14-7-5-6-12(2)17(14)21-18(22)13(3)24-19(23)15-8-10-16(20)11-9-15/h5-11,13H,4H2,1-3H3,(H,21,22)/t13-/m0/s1. The average molecular weight is 390 g/mol. The highest BCUT2D eigenvalue weighted by Gasteiger charge is 2.20. The molecule has 0 aliphatic rings. The van der Waals surface area contributed by atoms with E-state index in [4.69, 9.17) is 4.74 Å². The number of anilines is 1. The number of hydrogen-bond donors (Lipinski definition) is 1. The summed E-state index contributed by atoms with van der Waals surface area (Å²) >= 11 is 3.31. The summed E-state index contributed by atoms with van der Waals surface area (Å²) in [5.41, 5.74) is 3.23. The van der Waals surface area contributed by atoms with E-state index >= 15 is 0 Å².